The third-order valence-electron chi connectivity index (χ3n) is 6.97. The Balaban J connectivity index is 1.38. The lowest BCUT2D eigenvalue weighted by Crippen LogP contribution is -2.44. The zero-order valence-electron chi connectivity index (χ0n) is 20.3. The number of pyridine rings is 1. The van der Waals surface area contributed by atoms with Crippen LogP contribution in [0.15, 0.2) is 79.1 Å². The topological polar surface area (TPSA) is 45.7 Å². The van der Waals surface area contributed by atoms with Gasteiger partial charge in [-0.1, -0.05) is 48.5 Å². The first kappa shape index (κ1) is 24.1. The van der Waals surface area contributed by atoms with Gasteiger partial charge in [-0.3, -0.25) is 14.8 Å². The zero-order chi connectivity index (χ0) is 23.8. The number of likely N-dealkylation sites (tertiary alicyclic amines) is 1. The minimum Gasteiger partial charge on any atom is -0.465 e. The molecule has 1 atom stereocenters. The molecule has 1 aromatic heterocycles. The molecular weight excluding hydrogens is 422 g/mol. The molecule has 0 N–H and O–H groups in total. The van der Waals surface area contributed by atoms with Gasteiger partial charge in [0.25, 0.3) is 0 Å². The molecule has 0 bridgehead atoms. The van der Waals surface area contributed by atoms with Crippen LogP contribution in [0.1, 0.15) is 39.9 Å². The van der Waals surface area contributed by atoms with E-state index < -0.39 is 0 Å². The van der Waals surface area contributed by atoms with E-state index in [2.05, 4.69) is 58.2 Å². The Bertz CT molecular complexity index is 1020. The Hall–Kier alpha value is -3.02. The van der Waals surface area contributed by atoms with Gasteiger partial charge in [0.15, 0.2) is 0 Å². The van der Waals surface area contributed by atoms with Crippen LogP contribution >= 0.6 is 0 Å². The second kappa shape index (κ2) is 11.9. The number of methoxy groups -OCH3 is 1. The molecule has 5 heteroatoms. The van der Waals surface area contributed by atoms with Gasteiger partial charge in [0.1, 0.15) is 0 Å². The van der Waals surface area contributed by atoms with Crippen molar-refractivity contribution in [2.45, 2.75) is 38.4 Å². The van der Waals surface area contributed by atoms with Crippen LogP contribution in [0.4, 0.5) is 0 Å². The largest absolute Gasteiger partial charge is 0.465 e. The number of piperidine rings is 1. The molecule has 2 aromatic carbocycles. The first-order chi connectivity index (χ1) is 16.6. The number of esters is 1. The summed E-state index contributed by atoms with van der Waals surface area (Å²) in [5.74, 6) is 0.368. The molecular formula is C29H35N3O2. The lowest BCUT2D eigenvalue weighted by atomic mass is 9.84. The standard InChI is InChI=1S/C29H35N3O2/c1-31(21-25-9-6-16-30-20-25)28(19-23-7-4-3-5-8-23)26-14-17-32(18-15-26)22-24-10-12-27(13-11-24)29(33)34-2/h3-13,16,20,26,28H,14-15,17-19,21-22H2,1-2H3. The summed E-state index contributed by atoms with van der Waals surface area (Å²) in [5.41, 5.74) is 4.50. The average molecular weight is 458 g/mol. The highest BCUT2D eigenvalue weighted by Gasteiger charge is 2.29. The normalized spacial score (nSPS) is 15.9. The van der Waals surface area contributed by atoms with E-state index >= 15 is 0 Å². The fourth-order valence-corrected chi connectivity index (χ4v) is 5.05. The molecule has 0 saturated carbocycles. The van der Waals surface area contributed by atoms with Crippen molar-refractivity contribution in [3.8, 4) is 0 Å². The molecule has 1 aliphatic rings. The Kier molecular flexibility index (Phi) is 8.45. The van der Waals surface area contributed by atoms with Crippen molar-refractivity contribution in [2.75, 3.05) is 27.2 Å². The zero-order valence-corrected chi connectivity index (χ0v) is 20.3. The maximum atomic E-state index is 11.7. The number of benzene rings is 2. The van der Waals surface area contributed by atoms with Gasteiger partial charge in [-0.15, -0.1) is 0 Å². The van der Waals surface area contributed by atoms with Crippen molar-refractivity contribution in [3.63, 3.8) is 0 Å². The highest BCUT2D eigenvalue weighted by atomic mass is 16.5. The minimum atomic E-state index is -0.285. The lowest BCUT2D eigenvalue weighted by Gasteiger charge is -2.40. The molecule has 0 spiro atoms. The molecule has 34 heavy (non-hydrogen) atoms. The number of hydrogen-bond acceptors (Lipinski definition) is 5. The van der Waals surface area contributed by atoms with Crippen LogP contribution in [0, 0.1) is 5.92 Å². The van der Waals surface area contributed by atoms with Gasteiger partial charge in [-0.2, -0.15) is 0 Å². The molecule has 1 fully saturated rings. The number of aromatic nitrogens is 1. The summed E-state index contributed by atoms with van der Waals surface area (Å²) >= 11 is 0. The Morgan fingerprint density at radius 1 is 1.00 bits per heavy atom. The van der Waals surface area contributed by atoms with Crippen molar-refractivity contribution in [1.82, 2.24) is 14.8 Å². The molecule has 4 rings (SSSR count). The van der Waals surface area contributed by atoms with Crippen molar-refractivity contribution in [2.24, 2.45) is 5.92 Å². The number of nitrogens with zero attached hydrogens (tertiary/aromatic N) is 3. The van der Waals surface area contributed by atoms with E-state index in [-0.39, 0.29) is 5.97 Å². The van der Waals surface area contributed by atoms with E-state index in [4.69, 9.17) is 4.74 Å². The molecule has 178 valence electrons. The predicted octanol–water partition coefficient (Wildman–Crippen LogP) is 4.82. The van der Waals surface area contributed by atoms with E-state index in [0.29, 0.717) is 17.5 Å². The van der Waals surface area contributed by atoms with Gasteiger partial charge in [0, 0.05) is 31.5 Å². The van der Waals surface area contributed by atoms with Crippen LogP contribution in [-0.4, -0.2) is 54.0 Å². The maximum absolute atomic E-state index is 11.7. The average Bonchev–Trinajstić information content (AvgIpc) is 2.89. The molecule has 1 saturated heterocycles. The molecule has 0 aliphatic carbocycles. The quantitative estimate of drug-likeness (QED) is 0.431. The number of ether oxygens (including phenoxy) is 1. The summed E-state index contributed by atoms with van der Waals surface area (Å²) in [6.07, 6.45) is 7.26. The summed E-state index contributed by atoms with van der Waals surface area (Å²) in [6, 6.07) is 23.3. The van der Waals surface area contributed by atoms with Crippen molar-refractivity contribution < 1.29 is 9.53 Å². The van der Waals surface area contributed by atoms with Crippen LogP contribution in [-0.2, 0) is 24.2 Å². The van der Waals surface area contributed by atoms with Crippen LogP contribution in [0.25, 0.3) is 0 Å². The molecule has 0 amide bonds. The second-order valence-corrected chi connectivity index (χ2v) is 9.34. The Labute approximate surface area is 203 Å². The van der Waals surface area contributed by atoms with Crippen LogP contribution < -0.4 is 0 Å². The van der Waals surface area contributed by atoms with Crippen LogP contribution in [0.3, 0.4) is 0 Å². The fraction of sp³-hybridized carbons (Fsp3) is 0.379. The van der Waals surface area contributed by atoms with Gasteiger partial charge in [0.2, 0.25) is 0 Å². The molecule has 1 aliphatic heterocycles. The van der Waals surface area contributed by atoms with E-state index in [0.717, 1.165) is 32.6 Å². The van der Waals surface area contributed by atoms with E-state index in [1.807, 2.05) is 42.7 Å². The van der Waals surface area contributed by atoms with Gasteiger partial charge in [-0.25, -0.2) is 4.79 Å². The van der Waals surface area contributed by atoms with Crippen LogP contribution in [0.2, 0.25) is 0 Å². The second-order valence-electron chi connectivity index (χ2n) is 9.34. The van der Waals surface area contributed by atoms with E-state index in [1.54, 1.807) is 0 Å². The van der Waals surface area contributed by atoms with Crippen molar-refractivity contribution >= 4 is 5.97 Å². The summed E-state index contributed by atoms with van der Waals surface area (Å²) in [4.78, 5) is 21.0. The monoisotopic (exact) mass is 457 g/mol. The van der Waals surface area contributed by atoms with Crippen molar-refractivity contribution in [3.05, 3.63) is 101 Å². The Morgan fingerprint density at radius 3 is 2.35 bits per heavy atom. The number of hydrogen-bond donors (Lipinski definition) is 0. The maximum Gasteiger partial charge on any atom is 0.337 e. The number of carbonyl (C=O) groups excluding carboxylic acids is 1. The predicted molar refractivity (Wildman–Crippen MR) is 135 cm³/mol. The summed E-state index contributed by atoms with van der Waals surface area (Å²) < 4.78 is 4.80. The lowest BCUT2D eigenvalue weighted by molar-refractivity contribution is 0.0600. The van der Waals surface area contributed by atoms with Crippen LogP contribution in [0.5, 0.6) is 0 Å². The molecule has 2 heterocycles. The van der Waals surface area contributed by atoms with Crippen molar-refractivity contribution in [1.29, 1.82) is 0 Å². The van der Waals surface area contributed by atoms with E-state index in [1.165, 1.54) is 36.6 Å². The first-order valence-electron chi connectivity index (χ1n) is 12.1. The summed E-state index contributed by atoms with van der Waals surface area (Å²) in [7, 11) is 3.68. The third kappa shape index (κ3) is 6.52. The smallest absolute Gasteiger partial charge is 0.337 e. The SMILES string of the molecule is COC(=O)c1ccc(CN2CCC(C(Cc3ccccc3)N(C)Cc3cccnc3)CC2)cc1. The number of rotatable bonds is 9. The third-order valence-corrected chi connectivity index (χ3v) is 6.97. The van der Waals surface area contributed by atoms with E-state index in [9.17, 15) is 4.79 Å². The molecule has 3 aromatic rings. The first-order valence-corrected chi connectivity index (χ1v) is 12.1. The Morgan fingerprint density at radius 2 is 1.71 bits per heavy atom. The fourth-order valence-electron chi connectivity index (χ4n) is 5.05. The van der Waals surface area contributed by atoms with Gasteiger partial charge >= 0.3 is 5.97 Å². The molecule has 1 unspecified atom stereocenters. The minimum absolute atomic E-state index is 0.285. The van der Waals surface area contributed by atoms with Gasteiger partial charge in [-0.05, 0) is 80.2 Å². The molecule has 0 radical (unpaired) electrons. The van der Waals surface area contributed by atoms with Gasteiger partial charge < -0.3 is 4.74 Å². The highest BCUT2D eigenvalue weighted by molar-refractivity contribution is 5.89. The molecule has 5 nitrogen and oxygen atoms in total. The van der Waals surface area contributed by atoms with Gasteiger partial charge in [0.05, 0.1) is 12.7 Å². The summed E-state index contributed by atoms with van der Waals surface area (Å²) in [5, 5.41) is 0. The highest BCUT2D eigenvalue weighted by Crippen LogP contribution is 2.28. The summed E-state index contributed by atoms with van der Waals surface area (Å²) in [6.45, 7) is 4.02. The number of carbonyl (C=O) groups is 1. The number of likely N-dealkylation sites (N-methyl/N-ethyl adjacent to an activating group) is 1.